The highest BCUT2D eigenvalue weighted by Crippen LogP contribution is 2.30. The molecule has 2 aromatic rings. The first-order valence-electron chi connectivity index (χ1n) is 8.15. The Kier molecular flexibility index (Phi) is 4.48. The van der Waals surface area contributed by atoms with Crippen molar-refractivity contribution >= 4 is 11.1 Å². The number of rotatable bonds is 3. The number of hydrogen-bond acceptors (Lipinski definition) is 1. The molecular formula is C21H22N2. The van der Waals surface area contributed by atoms with Crippen LogP contribution in [0, 0.1) is 11.8 Å². The molecule has 1 aliphatic rings. The fourth-order valence-electron chi connectivity index (χ4n) is 2.98. The molecule has 2 heterocycles. The van der Waals surface area contributed by atoms with Crippen LogP contribution < -0.4 is 0 Å². The van der Waals surface area contributed by atoms with Gasteiger partial charge in [-0.2, -0.15) is 0 Å². The molecule has 23 heavy (non-hydrogen) atoms. The lowest BCUT2D eigenvalue weighted by molar-refractivity contribution is 0.742. The largest absolute Gasteiger partial charge is 0.307 e. The highest BCUT2D eigenvalue weighted by molar-refractivity contribution is 5.72. The summed E-state index contributed by atoms with van der Waals surface area (Å²) in [7, 11) is 0. The Morgan fingerprint density at radius 1 is 1.30 bits per heavy atom. The second-order valence-electron chi connectivity index (χ2n) is 6.03. The van der Waals surface area contributed by atoms with E-state index in [1.165, 1.54) is 30.4 Å². The molecule has 1 aliphatic carbocycles. The highest BCUT2D eigenvalue weighted by atomic mass is 15.0. The van der Waals surface area contributed by atoms with Gasteiger partial charge in [0.25, 0.3) is 0 Å². The van der Waals surface area contributed by atoms with E-state index in [0.717, 1.165) is 28.9 Å². The van der Waals surface area contributed by atoms with Crippen molar-refractivity contribution in [2.75, 3.05) is 0 Å². The van der Waals surface area contributed by atoms with Crippen molar-refractivity contribution in [2.24, 2.45) is 0 Å². The fourth-order valence-corrected chi connectivity index (χ4v) is 2.98. The van der Waals surface area contributed by atoms with Crippen molar-refractivity contribution < 1.29 is 0 Å². The second kappa shape index (κ2) is 6.71. The summed E-state index contributed by atoms with van der Waals surface area (Å²) in [5, 5.41) is 0. The summed E-state index contributed by atoms with van der Waals surface area (Å²) in [5.74, 6) is 7.19. The number of aromatic nitrogens is 2. The van der Waals surface area contributed by atoms with E-state index < -0.39 is 0 Å². The smallest absolute Gasteiger partial charge is 0.137 e. The molecule has 116 valence electrons. The second-order valence-corrected chi connectivity index (χ2v) is 6.03. The molecule has 2 nitrogen and oxygen atoms in total. The van der Waals surface area contributed by atoms with Crippen molar-refractivity contribution in [1.29, 1.82) is 0 Å². The third-order valence-corrected chi connectivity index (χ3v) is 4.23. The Morgan fingerprint density at radius 3 is 2.87 bits per heavy atom. The van der Waals surface area contributed by atoms with E-state index in [0.29, 0.717) is 0 Å². The van der Waals surface area contributed by atoms with E-state index in [1.807, 2.05) is 26.1 Å². The minimum atomic E-state index is 0.910. The number of hydrogen-bond donors (Lipinski definition) is 0. The molecule has 2 aromatic heterocycles. The van der Waals surface area contributed by atoms with Gasteiger partial charge in [-0.3, -0.25) is 0 Å². The van der Waals surface area contributed by atoms with Gasteiger partial charge in [0, 0.05) is 24.2 Å². The summed E-state index contributed by atoms with van der Waals surface area (Å²) in [6, 6.07) is 4.07. The molecule has 0 saturated heterocycles. The van der Waals surface area contributed by atoms with E-state index in [4.69, 9.17) is 0 Å². The van der Waals surface area contributed by atoms with E-state index in [9.17, 15) is 0 Å². The molecular weight excluding hydrogens is 280 g/mol. The van der Waals surface area contributed by atoms with Gasteiger partial charge in [-0.25, -0.2) is 4.98 Å². The summed E-state index contributed by atoms with van der Waals surface area (Å²) in [6.07, 6.45) is 13.3. The standard InChI is InChI=1S/C21H22N2/c1-4-8-19-14-23(15-20(19)17-9-6-5-7-10-17)21-13-18(16(2)3)11-12-22-21/h9,11-15H,2,5-7,10H2,1,3H3. The van der Waals surface area contributed by atoms with Crippen molar-refractivity contribution in [3.63, 3.8) is 0 Å². The zero-order valence-electron chi connectivity index (χ0n) is 13.9. The topological polar surface area (TPSA) is 17.8 Å². The minimum absolute atomic E-state index is 0.910. The molecule has 0 radical (unpaired) electrons. The third kappa shape index (κ3) is 3.29. The fraction of sp³-hybridized carbons (Fsp3) is 0.286. The first-order chi connectivity index (χ1) is 11.2. The third-order valence-electron chi connectivity index (χ3n) is 4.23. The number of allylic oxidation sites excluding steroid dienone is 3. The molecule has 0 N–H and O–H groups in total. The number of nitrogens with zero attached hydrogens (tertiary/aromatic N) is 2. The molecule has 2 heteroatoms. The number of pyridine rings is 1. The van der Waals surface area contributed by atoms with Gasteiger partial charge < -0.3 is 4.57 Å². The maximum absolute atomic E-state index is 4.51. The maximum Gasteiger partial charge on any atom is 0.137 e. The predicted octanol–water partition coefficient (Wildman–Crippen LogP) is 5.23. The van der Waals surface area contributed by atoms with Crippen LogP contribution in [0.5, 0.6) is 0 Å². The quantitative estimate of drug-likeness (QED) is 0.709. The Morgan fingerprint density at radius 2 is 2.17 bits per heavy atom. The lowest BCUT2D eigenvalue weighted by atomic mass is 9.93. The van der Waals surface area contributed by atoms with Gasteiger partial charge in [0.15, 0.2) is 0 Å². The summed E-state index contributed by atoms with van der Waals surface area (Å²) < 4.78 is 2.08. The molecule has 0 spiro atoms. The Balaban J connectivity index is 2.06. The molecule has 0 aliphatic heterocycles. The van der Waals surface area contributed by atoms with Crippen LogP contribution >= 0.6 is 0 Å². The van der Waals surface area contributed by atoms with Crippen LogP contribution in [0.3, 0.4) is 0 Å². The average molecular weight is 302 g/mol. The summed E-state index contributed by atoms with van der Waals surface area (Å²) in [5.41, 5.74) is 5.92. The maximum atomic E-state index is 4.51. The van der Waals surface area contributed by atoms with E-state index in [1.54, 1.807) is 0 Å². The molecule has 0 saturated carbocycles. The van der Waals surface area contributed by atoms with Crippen molar-refractivity contribution in [2.45, 2.75) is 39.5 Å². The zero-order chi connectivity index (χ0) is 16.2. The van der Waals surface area contributed by atoms with Crippen LogP contribution in [0.2, 0.25) is 0 Å². The van der Waals surface area contributed by atoms with Gasteiger partial charge >= 0.3 is 0 Å². The predicted molar refractivity (Wildman–Crippen MR) is 97.3 cm³/mol. The first-order valence-corrected chi connectivity index (χ1v) is 8.15. The Bertz CT molecular complexity index is 825. The van der Waals surface area contributed by atoms with Gasteiger partial charge in [0.1, 0.15) is 5.82 Å². The molecule has 0 bridgehead atoms. The minimum Gasteiger partial charge on any atom is -0.307 e. The molecule has 0 fully saturated rings. The average Bonchev–Trinajstić information content (AvgIpc) is 3.00. The SMILES string of the molecule is C=C(C)c1ccnc(-n2cc(C#CC)c(C3=CCCCC3)c2)c1. The Labute approximate surface area is 138 Å². The lowest BCUT2D eigenvalue weighted by Gasteiger charge is -2.11. The van der Waals surface area contributed by atoms with Gasteiger partial charge in [0.2, 0.25) is 0 Å². The van der Waals surface area contributed by atoms with E-state index in [2.05, 4.69) is 52.5 Å². The zero-order valence-corrected chi connectivity index (χ0v) is 13.9. The monoisotopic (exact) mass is 302 g/mol. The lowest BCUT2D eigenvalue weighted by Crippen LogP contribution is -1.95. The van der Waals surface area contributed by atoms with E-state index >= 15 is 0 Å². The van der Waals surface area contributed by atoms with Crippen molar-refractivity contribution in [3.8, 4) is 17.7 Å². The van der Waals surface area contributed by atoms with Crippen LogP contribution in [-0.2, 0) is 0 Å². The van der Waals surface area contributed by atoms with Crippen LogP contribution in [0.1, 0.15) is 56.2 Å². The van der Waals surface area contributed by atoms with Gasteiger partial charge in [-0.1, -0.05) is 24.1 Å². The van der Waals surface area contributed by atoms with Crippen molar-refractivity contribution in [3.05, 3.63) is 60.1 Å². The van der Waals surface area contributed by atoms with Gasteiger partial charge in [-0.15, -0.1) is 5.92 Å². The molecule has 0 atom stereocenters. The summed E-state index contributed by atoms with van der Waals surface area (Å²) in [4.78, 5) is 4.51. The highest BCUT2D eigenvalue weighted by Gasteiger charge is 2.13. The summed E-state index contributed by atoms with van der Waals surface area (Å²) in [6.45, 7) is 7.92. The molecule has 0 amide bonds. The van der Waals surface area contributed by atoms with Gasteiger partial charge in [-0.05, 0) is 62.8 Å². The van der Waals surface area contributed by atoms with E-state index in [-0.39, 0.29) is 0 Å². The summed E-state index contributed by atoms with van der Waals surface area (Å²) >= 11 is 0. The van der Waals surface area contributed by atoms with Crippen LogP contribution in [-0.4, -0.2) is 9.55 Å². The molecule has 0 unspecified atom stereocenters. The van der Waals surface area contributed by atoms with Crippen LogP contribution in [0.15, 0.2) is 43.4 Å². The first kappa shape index (κ1) is 15.4. The van der Waals surface area contributed by atoms with Crippen molar-refractivity contribution in [1.82, 2.24) is 9.55 Å². The van der Waals surface area contributed by atoms with Gasteiger partial charge in [0.05, 0.1) is 5.56 Å². The normalized spacial score (nSPS) is 13.9. The van der Waals surface area contributed by atoms with Crippen LogP contribution in [0.4, 0.5) is 0 Å². The molecule has 0 aromatic carbocycles. The van der Waals surface area contributed by atoms with Crippen LogP contribution in [0.25, 0.3) is 17.0 Å². The molecule has 3 rings (SSSR count). The Hall–Kier alpha value is -2.53.